The standard InChI is InChI=1S/C23H24N2O/c24-6-14-10-4-11(15(14)7-25)19-18(10)22-20-12-5-13(21(20)23(19)26-22)17-9-2-1-8(3-9)16(12)17/h1-2,8-23H,3-5H2. The van der Waals surface area contributed by atoms with E-state index in [0.29, 0.717) is 35.9 Å². The van der Waals surface area contributed by atoms with Crippen LogP contribution in [0.25, 0.3) is 0 Å². The molecule has 0 aromatic carbocycles. The van der Waals surface area contributed by atoms with Crippen LogP contribution in [0.1, 0.15) is 19.3 Å². The van der Waals surface area contributed by atoms with E-state index in [0.717, 1.165) is 53.8 Å². The number of ether oxygens (including phenoxy) is 1. The lowest BCUT2D eigenvalue weighted by molar-refractivity contribution is 0.00940. The van der Waals surface area contributed by atoms with Crippen molar-refractivity contribution in [2.24, 2.45) is 82.9 Å². The van der Waals surface area contributed by atoms with Gasteiger partial charge < -0.3 is 4.74 Å². The predicted molar refractivity (Wildman–Crippen MR) is 91.7 cm³/mol. The molecule has 16 atom stereocenters. The highest BCUT2D eigenvalue weighted by atomic mass is 16.5. The van der Waals surface area contributed by atoms with Crippen molar-refractivity contribution in [3.05, 3.63) is 12.2 Å². The first-order chi connectivity index (χ1) is 12.8. The zero-order valence-electron chi connectivity index (χ0n) is 14.8. The Bertz CT molecular complexity index is 772. The molecule has 16 unspecified atom stereocenters. The zero-order valence-corrected chi connectivity index (χ0v) is 14.8. The van der Waals surface area contributed by atoms with Crippen LogP contribution in [-0.4, -0.2) is 12.2 Å². The van der Waals surface area contributed by atoms with E-state index in [1.165, 1.54) is 12.8 Å². The fraction of sp³-hybridized carbons (Fsp3) is 0.826. The summed E-state index contributed by atoms with van der Waals surface area (Å²) in [6.07, 6.45) is 9.98. The molecule has 0 radical (unpaired) electrons. The van der Waals surface area contributed by atoms with Gasteiger partial charge in [0.2, 0.25) is 0 Å². The van der Waals surface area contributed by atoms with E-state index < -0.39 is 0 Å². The molecular formula is C23H24N2O. The third kappa shape index (κ3) is 1.16. The first-order valence-electron chi connectivity index (χ1n) is 10.9. The van der Waals surface area contributed by atoms with Crippen molar-refractivity contribution < 1.29 is 4.74 Å². The third-order valence-corrected chi connectivity index (χ3v) is 11.0. The largest absolute Gasteiger partial charge is 0.374 e. The van der Waals surface area contributed by atoms with Crippen LogP contribution in [0.5, 0.6) is 0 Å². The summed E-state index contributed by atoms with van der Waals surface area (Å²) in [6, 6.07) is 5.07. The Kier molecular flexibility index (Phi) is 2.16. The van der Waals surface area contributed by atoms with Crippen LogP contribution >= 0.6 is 0 Å². The van der Waals surface area contributed by atoms with Crippen LogP contribution in [0.15, 0.2) is 12.2 Å². The van der Waals surface area contributed by atoms with Crippen LogP contribution in [0, 0.1) is 106 Å². The fourth-order valence-electron chi connectivity index (χ4n) is 10.9. The molecule has 0 spiro atoms. The van der Waals surface area contributed by atoms with Crippen molar-refractivity contribution in [3.63, 3.8) is 0 Å². The van der Waals surface area contributed by atoms with Crippen LogP contribution in [-0.2, 0) is 4.74 Å². The Balaban J connectivity index is 1.21. The van der Waals surface area contributed by atoms with Gasteiger partial charge in [-0.05, 0) is 90.3 Å². The van der Waals surface area contributed by atoms with Gasteiger partial charge in [0.1, 0.15) is 0 Å². The van der Waals surface area contributed by atoms with E-state index in [2.05, 4.69) is 24.3 Å². The van der Waals surface area contributed by atoms with E-state index in [4.69, 9.17) is 4.74 Å². The summed E-state index contributed by atoms with van der Waals surface area (Å²) >= 11 is 0. The molecule has 0 N–H and O–H groups in total. The summed E-state index contributed by atoms with van der Waals surface area (Å²) in [4.78, 5) is 0. The molecular weight excluding hydrogens is 320 g/mol. The summed E-state index contributed by atoms with van der Waals surface area (Å²) < 4.78 is 6.77. The molecule has 8 bridgehead atoms. The van der Waals surface area contributed by atoms with Gasteiger partial charge in [-0.1, -0.05) is 12.2 Å². The van der Waals surface area contributed by atoms with Crippen molar-refractivity contribution in [1.82, 2.24) is 0 Å². The van der Waals surface area contributed by atoms with Crippen molar-refractivity contribution in [2.75, 3.05) is 0 Å². The quantitative estimate of drug-likeness (QED) is 0.501. The van der Waals surface area contributed by atoms with E-state index in [9.17, 15) is 10.5 Å². The molecule has 132 valence electrons. The Morgan fingerprint density at radius 3 is 1.58 bits per heavy atom. The minimum absolute atomic E-state index is 0.0237. The number of fused-ring (bicyclic) bond motifs is 23. The predicted octanol–water partition coefficient (Wildman–Crippen LogP) is 3.25. The second-order valence-electron chi connectivity index (χ2n) is 10.9. The van der Waals surface area contributed by atoms with Gasteiger partial charge in [0.25, 0.3) is 0 Å². The van der Waals surface area contributed by atoms with Crippen molar-refractivity contribution in [3.8, 4) is 12.1 Å². The topological polar surface area (TPSA) is 56.8 Å². The molecule has 26 heavy (non-hydrogen) atoms. The number of hydrogen-bond donors (Lipinski definition) is 0. The Morgan fingerprint density at radius 1 is 0.615 bits per heavy atom. The summed E-state index contributed by atoms with van der Waals surface area (Å²) in [5.41, 5.74) is 0. The lowest BCUT2D eigenvalue weighted by Gasteiger charge is -2.48. The highest BCUT2D eigenvalue weighted by Crippen LogP contribution is 2.78. The molecule has 0 aromatic heterocycles. The van der Waals surface area contributed by atoms with Gasteiger partial charge in [-0.3, -0.25) is 0 Å². The minimum atomic E-state index is -0.0237. The first-order valence-corrected chi connectivity index (χ1v) is 10.9. The van der Waals surface area contributed by atoms with E-state index in [-0.39, 0.29) is 11.8 Å². The second-order valence-corrected chi connectivity index (χ2v) is 10.9. The molecule has 7 fully saturated rings. The molecule has 5 saturated carbocycles. The lowest BCUT2D eigenvalue weighted by Crippen LogP contribution is -2.51. The van der Waals surface area contributed by atoms with Gasteiger partial charge in [0, 0.05) is 0 Å². The van der Waals surface area contributed by atoms with E-state index >= 15 is 0 Å². The molecule has 0 amide bonds. The van der Waals surface area contributed by atoms with E-state index in [1.54, 1.807) is 0 Å². The second kappa shape index (κ2) is 4.07. The SMILES string of the molecule is N#CC1C(C#N)C2CC1C1C3OC(C21)C1C2CC(C4C5C=CC(C5)C24)C31. The molecule has 8 rings (SSSR count). The summed E-state index contributed by atoms with van der Waals surface area (Å²) in [5.74, 6) is 9.08. The Hall–Kier alpha value is -1.32. The summed E-state index contributed by atoms with van der Waals surface area (Å²) in [7, 11) is 0. The summed E-state index contributed by atoms with van der Waals surface area (Å²) in [6.45, 7) is 0. The van der Waals surface area contributed by atoms with Gasteiger partial charge in [0.05, 0.1) is 36.2 Å². The number of rotatable bonds is 0. The van der Waals surface area contributed by atoms with Crippen LogP contribution in [0.2, 0.25) is 0 Å². The molecule has 3 nitrogen and oxygen atoms in total. The number of hydrogen-bond acceptors (Lipinski definition) is 3. The van der Waals surface area contributed by atoms with Gasteiger partial charge >= 0.3 is 0 Å². The van der Waals surface area contributed by atoms with E-state index in [1.807, 2.05) is 0 Å². The maximum Gasteiger partial charge on any atom is 0.0672 e. The van der Waals surface area contributed by atoms with Crippen molar-refractivity contribution >= 4 is 0 Å². The molecule has 8 aliphatic rings. The maximum absolute atomic E-state index is 9.72. The first kappa shape index (κ1) is 13.8. The molecule has 3 heteroatoms. The number of allylic oxidation sites excluding steroid dienone is 2. The minimum Gasteiger partial charge on any atom is -0.374 e. The van der Waals surface area contributed by atoms with Gasteiger partial charge in [-0.25, -0.2) is 0 Å². The smallest absolute Gasteiger partial charge is 0.0672 e. The highest BCUT2D eigenvalue weighted by molar-refractivity contribution is 5.29. The normalized spacial score (nSPS) is 71.8. The monoisotopic (exact) mass is 344 g/mol. The number of nitrogens with zero attached hydrogens (tertiary/aromatic N) is 2. The van der Waals surface area contributed by atoms with Crippen LogP contribution in [0.3, 0.4) is 0 Å². The molecule has 2 heterocycles. The van der Waals surface area contributed by atoms with Gasteiger partial charge in [-0.15, -0.1) is 0 Å². The molecule has 0 aromatic rings. The highest BCUT2D eigenvalue weighted by Gasteiger charge is 2.78. The van der Waals surface area contributed by atoms with Crippen molar-refractivity contribution in [2.45, 2.75) is 31.5 Å². The van der Waals surface area contributed by atoms with Crippen LogP contribution in [0.4, 0.5) is 0 Å². The zero-order chi connectivity index (χ0) is 16.9. The van der Waals surface area contributed by atoms with Gasteiger partial charge in [0.15, 0.2) is 0 Å². The lowest BCUT2D eigenvalue weighted by atomic mass is 9.53. The Labute approximate surface area is 154 Å². The van der Waals surface area contributed by atoms with Gasteiger partial charge in [-0.2, -0.15) is 10.5 Å². The molecule has 6 aliphatic carbocycles. The average molecular weight is 344 g/mol. The van der Waals surface area contributed by atoms with Crippen molar-refractivity contribution in [1.29, 1.82) is 10.5 Å². The molecule has 2 aliphatic heterocycles. The average Bonchev–Trinajstić information content (AvgIpc) is 3.46. The fourth-order valence-corrected chi connectivity index (χ4v) is 10.9. The Morgan fingerprint density at radius 2 is 1.08 bits per heavy atom. The summed E-state index contributed by atoms with van der Waals surface area (Å²) in [5, 5.41) is 19.4. The van der Waals surface area contributed by atoms with Crippen LogP contribution < -0.4 is 0 Å². The third-order valence-electron chi connectivity index (χ3n) is 11.0. The maximum atomic E-state index is 9.72. The molecule has 2 saturated heterocycles. The number of nitriles is 2.